The summed E-state index contributed by atoms with van der Waals surface area (Å²) in [6.45, 7) is 0.0320. The second-order valence-corrected chi connectivity index (χ2v) is 5.42. The molecule has 0 radical (unpaired) electrons. The summed E-state index contributed by atoms with van der Waals surface area (Å²) in [5.41, 5.74) is 0.644. The van der Waals surface area contributed by atoms with Crippen LogP contribution >= 0.6 is 31.9 Å². The van der Waals surface area contributed by atoms with Gasteiger partial charge in [0.1, 0.15) is 5.75 Å². The largest absolute Gasteiger partial charge is 0.484 e. The summed E-state index contributed by atoms with van der Waals surface area (Å²) in [5.74, 6) is 0.626. The van der Waals surface area contributed by atoms with Gasteiger partial charge in [-0.1, -0.05) is 40.2 Å². The van der Waals surface area contributed by atoms with Gasteiger partial charge in [-0.05, 0) is 40.2 Å². The Balaban J connectivity index is 2.01. The van der Waals surface area contributed by atoms with Gasteiger partial charge in [-0.3, -0.25) is 4.79 Å². The molecule has 4 heteroatoms. The standard InChI is InChI=1S/C14H10Br2O2/c15-11-7-5-10(6-8-11)13(17)9-18-14-4-2-1-3-12(14)16/h1-8H,9H2. The Morgan fingerprint density at radius 2 is 1.67 bits per heavy atom. The molecule has 0 N–H and O–H groups in total. The number of rotatable bonds is 4. The maximum absolute atomic E-state index is 11.9. The Morgan fingerprint density at radius 1 is 1.00 bits per heavy atom. The maximum atomic E-state index is 11.9. The minimum Gasteiger partial charge on any atom is -0.484 e. The fourth-order valence-corrected chi connectivity index (χ4v) is 2.09. The number of hydrogen-bond acceptors (Lipinski definition) is 2. The first-order chi connectivity index (χ1) is 8.66. The van der Waals surface area contributed by atoms with Crippen LogP contribution in [0, 0.1) is 0 Å². The van der Waals surface area contributed by atoms with Gasteiger partial charge >= 0.3 is 0 Å². The predicted molar refractivity (Wildman–Crippen MR) is 78.1 cm³/mol. The minimum absolute atomic E-state index is 0.0320. The van der Waals surface area contributed by atoms with E-state index in [0.717, 1.165) is 8.95 Å². The van der Waals surface area contributed by atoms with Gasteiger partial charge in [-0.15, -0.1) is 0 Å². The van der Waals surface area contributed by atoms with Gasteiger partial charge in [0, 0.05) is 10.0 Å². The van der Waals surface area contributed by atoms with Crippen molar-refractivity contribution in [3.63, 3.8) is 0 Å². The number of benzene rings is 2. The van der Waals surface area contributed by atoms with Gasteiger partial charge < -0.3 is 4.74 Å². The van der Waals surface area contributed by atoms with Crippen molar-refractivity contribution in [1.29, 1.82) is 0 Å². The smallest absolute Gasteiger partial charge is 0.200 e. The molecule has 2 aromatic carbocycles. The number of para-hydroxylation sites is 1. The molecular weight excluding hydrogens is 360 g/mol. The first kappa shape index (κ1) is 13.3. The molecule has 0 saturated carbocycles. The van der Waals surface area contributed by atoms with Gasteiger partial charge in [0.25, 0.3) is 0 Å². The second-order valence-electron chi connectivity index (χ2n) is 3.65. The SMILES string of the molecule is O=C(COc1ccccc1Br)c1ccc(Br)cc1. The number of ketones is 1. The molecule has 2 aromatic rings. The lowest BCUT2D eigenvalue weighted by molar-refractivity contribution is 0.0921. The number of hydrogen-bond donors (Lipinski definition) is 0. The van der Waals surface area contributed by atoms with E-state index in [1.807, 2.05) is 36.4 Å². The molecule has 0 heterocycles. The van der Waals surface area contributed by atoms with Crippen molar-refractivity contribution in [1.82, 2.24) is 0 Å². The van der Waals surface area contributed by atoms with Crippen LogP contribution in [0.1, 0.15) is 10.4 Å². The zero-order chi connectivity index (χ0) is 13.0. The number of carbonyl (C=O) groups excluding carboxylic acids is 1. The third-order valence-electron chi connectivity index (χ3n) is 2.36. The quantitative estimate of drug-likeness (QED) is 0.743. The summed E-state index contributed by atoms with van der Waals surface area (Å²) in [6, 6.07) is 14.7. The summed E-state index contributed by atoms with van der Waals surface area (Å²) in [4.78, 5) is 11.9. The lowest BCUT2D eigenvalue weighted by Crippen LogP contribution is -2.11. The first-order valence-electron chi connectivity index (χ1n) is 5.33. The average molecular weight is 370 g/mol. The van der Waals surface area contributed by atoms with Crippen LogP contribution in [-0.4, -0.2) is 12.4 Å². The van der Waals surface area contributed by atoms with E-state index in [1.165, 1.54) is 0 Å². The molecule has 0 unspecified atom stereocenters. The molecule has 2 nitrogen and oxygen atoms in total. The monoisotopic (exact) mass is 368 g/mol. The predicted octanol–water partition coefficient (Wildman–Crippen LogP) is 4.47. The van der Waals surface area contributed by atoms with E-state index >= 15 is 0 Å². The summed E-state index contributed by atoms with van der Waals surface area (Å²) < 4.78 is 7.27. The number of carbonyl (C=O) groups is 1. The molecule has 0 spiro atoms. The molecule has 2 rings (SSSR count). The van der Waals surface area contributed by atoms with E-state index in [-0.39, 0.29) is 12.4 Å². The third kappa shape index (κ3) is 3.43. The second kappa shape index (κ2) is 6.16. The van der Waals surface area contributed by atoms with Crippen molar-refractivity contribution < 1.29 is 9.53 Å². The molecule has 92 valence electrons. The Bertz CT molecular complexity index is 550. The van der Waals surface area contributed by atoms with E-state index in [4.69, 9.17) is 4.74 Å². The zero-order valence-corrected chi connectivity index (χ0v) is 12.6. The maximum Gasteiger partial charge on any atom is 0.200 e. The normalized spacial score (nSPS) is 10.1. The zero-order valence-electron chi connectivity index (χ0n) is 9.40. The lowest BCUT2D eigenvalue weighted by atomic mass is 10.1. The van der Waals surface area contributed by atoms with Gasteiger partial charge in [-0.2, -0.15) is 0 Å². The molecule has 0 atom stereocenters. The Labute approximate surface area is 122 Å². The van der Waals surface area contributed by atoms with Crippen LogP contribution in [0.15, 0.2) is 57.5 Å². The molecule has 0 aliphatic rings. The lowest BCUT2D eigenvalue weighted by Gasteiger charge is -2.07. The van der Waals surface area contributed by atoms with E-state index in [0.29, 0.717) is 11.3 Å². The molecule has 0 aliphatic heterocycles. The molecule has 0 bridgehead atoms. The summed E-state index contributed by atoms with van der Waals surface area (Å²) in [7, 11) is 0. The fourth-order valence-electron chi connectivity index (χ4n) is 1.42. The summed E-state index contributed by atoms with van der Waals surface area (Å²) in [5, 5.41) is 0. The highest BCUT2D eigenvalue weighted by molar-refractivity contribution is 9.10. The fraction of sp³-hybridized carbons (Fsp3) is 0.0714. The summed E-state index contributed by atoms with van der Waals surface area (Å²) in [6.07, 6.45) is 0. The highest BCUT2D eigenvalue weighted by atomic mass is 79.9. The van der Waals surface area contributed by atoms with Crippen LogP contribution in [0.4, 0.5) is 0 Å². The van der Waals surface area contributed by atoms with E-state index in [2.05, 4.69) is 31.9 Å². The van der Waals surface area contributed by atoms with Crippen LogP contribution in [0.3, 0.4) is 0 Å². The number of Topliss-reactive ketones (excluding diaryl/α,β-unsaturated/α-hetero) is 1. The van der Waals surface area contributed by atoms with Crippen molar-refractivity contribution >= 4 is 37.6 Å². The Kier molecular flexibility index (Phi) is 4.55. The van der Waals surface area contributed by atoms with Gasteiger partial charge in [0.05, 0.1) is 4.47 Å². The molecule has 0 aromatic heterocycles. The highest BCUT2D eigenvalue weighted by Crippen LogP contribution is 2.23. The van der Waals surface area contributed by atoms with Crippen molar-refractivity contribution in [3.8, 4) is 5.75 Å². The minimum atomic E-state index is -0.0433. The van der Waals surface area contributed by atoms with Crippen LogP contribution in [0.25, 0.3) is 0 Å². The van der Waals surface area contributed by atoms with Crippen LogP contribution in [0.5, 0.6) is 5.75 Å². The molecule has 0 fully saturated rings. The number of ether oxygens (including phenoxy) is 1. The van der Waals surface area contributed by atoms with E-state index in [9.17, 15) is 4.79 Å². The molecule has 18 heavy (non-hydrogen) atoms. The van der Waals surface area contributed by atoms with Crippen LogP contribution in [-0.2, 0) is 0 Å². The topological polar surface area (TPSA) is 26.3 Å². The van der Waals surface area contributed by atoms with Crippen molar-refractivity contribution in [2.75, 3.05) is 6.61 Å². The van der Waals surface area contributed by atoms with Crippen molar-refractivity contribution in [2.24, 2.45) is 0 Å². The van der Waals surface area contributed by atoms with Crippen LogP contribution in [0.2, 0.25) is 0 Å². The molecule has 0 aliphatic carbocycles. The summed E-state index contributed by atoms with van der Waals surface area (Å²) >= 11 is 6.70. The first-order valence-corrected chi connectivity index (χ1v) is 6.91. The number of halogens is 2. The Morgan fingerprint density at radius 3 is 2.33 bits per heavy atom. The highest BCUT2D eigenvalue weighted by Gasteiger charge is 2.07. The van der Waals surface area contributed by atoms with Gasteiger partial charge in [0.2, 0.25) is 0 Å². The van der Waals surface area contributed by atoms with E-state index in [1.54, 1.807) is 12.1 Å². The van der Waals surface area contributed by atoms with Crippen LogP contribution < -0.4 is 4.74 Å². The molecular formula is C14H10Br2O2. The van der Waals surface area contributed by atoms with Crippen molar-refractivity contribution in [3.05, 3.63) is 63.0 Å². The van der Waals surface area contributed by atoms with Crippen molar-refractivity contribution in [2.45, 2.75) is 0 Å². The average Bonchev–Trinajstić information content (AvgIpc) is 2.38. The Hall–Kier alpha value is -1.13. The molecule has 0 amide bonds. The molecule has 0 saturated heterocycles. The third-order valence-corrected chi connectivity index (χ3v) is 3.55. The van der Waals surface area contributed by atoms with Gasteiger partial charge in [-0.25, -0.2) is 0 Å². The van der Waals surface area contributed by atoms with E-state index < -0.39 is 0 Å². The van der Waals surface area contributed by atoms with Gasteiger partial charge in [0.15, 0.2) is 12.4 Å².